The lowest BCUT2D eigenvalue weighted by Crippen LogP contribution is -2.49. The highest BCUT2D eigenvalue weighted by Gasteiger charge is 2.23. The third-order valence-corrected chi connectivity index (χ3v) is 4.81. The number of piperazine rings is 1. The molecule has 7 nitrogen and oxygen atoms in total. The number of amides is 1. The summed E-state index contributed by atoms with van der Waals surface area (Å²) in [6, 6.07) is 21.0. The van der Waals surface area contributed by atoms with Crippen molar-refractivity contribution >= 4 is 23.2 Å². The Kier molecular flexibility index (Phi) is 5.34. The van der Waals surface area contributed by atoms with Crippen LogP contribution >= 0.6 is 0 Å². The van der Waals surface area contributed by atoms with Crippen molar-refractivity contribution in [3.8, 4) is 6.07 Å². The molecule has 0 radical (unpaired) electrons. The van der Waals surface area contributed by atoms with Gasteiger partial charge in [-0.2, -0.15) is 5.26 Å². The molecule has 1 aliphatic rings. The summed E-state index contributed by atoms with van der Waals surface area (Å²) >= 11 is 0. The first-order valence-corrected chi connectivity index (χ1v) is 9.42. The zero-order valence-electron chi connectivity index (χ0n) is 15.8. The number of hydrogen-bond acceptors (Lipinski definition) is 6. The molecule has 0 unspecified atom stereocenters. The van der Waals surface area contributed by atoms with E-state index in [-0.39, 0.29) is 5.91 Å². The van der Waals surface area contributed by atoms with Crippen LogP contribution in [0.15, 0.2) is 66.9 Å². The van der Waals surface area contributed by atoms with Crippen LogP contribution in [0.25, 0.3) is 0 Å². The number of benzene rings is 2. The molecule has 1 N–H and O–H groups in total. The highest BCUT2D eigenvalue weighted by Crippen LogP contribution is 2.18. The SMILES string of the molecule is N#Cc1cccc(Nc2nccc(C(=O)N3CCN(c4ccccc4)CC3)n2)c1. The lowest BCUT2D eigenvalue weighted by molar-refractivity contribution is 0.0741. The Hall–Kier alpha value is -3.92. The van der Waals surface area contributed by atoms with Gasteiger partial charge < -0.3 is 15.1 Å². The van der Waals surface area contributed by atoms with Crippen LogP contribution in [0.4, 0.5) is 17.3 Å². The molecule has 7 heteroatoms. The Balaban J connectivity index is 1.42. The molecule has 1 aliphatic heterocycles. The topological polar surface area (TPSA) is 85.1 Å². The molecule has 0 atom stereocenters. The van der Waals surface area contributed by atoms with Crippen molar-refractivity contribution in [3.63, 3.8) is 0 Å². The van der Waals surface area contributed by atoms with Gasteiger partial charge in [-0.05, 0) is 36.4 Å². The summed E-state index contributed by atoms with van der Waals surface area (Å²) in [7, 11) is 0. The molecule has 1 saturated heterocycles. The fraction of sp³-hybridized carbons (Fsp3) is 0.182. The van der Waals surface area contributed by atoms with Crippen LogP contribution in [0.5, 0.6) is 0 Å². The molecule has 144 valence electrons. The fourth-order valence-electron chi connectivity index (χ4n) is 3.30. The molecule has 2 aromatic carbocycles. The van der Waals surface area contributed by atoms with Crippen LogP contribution in [-0.2, 0) is 0 Å². The second kappa shape index (κ2) is 8.40. The predicted molar refractivity (Wildman–Crippen MR) is 111 cm³/mol. The van der Waals surface area contributed by atoms with E-state index >= 15 is 0 Å². The van der Waals surface area contributed by atoms with Crippen LogP contribution in [0, 0.1) is 11.3 Å². The van der Waals surface area contributed by atoms with Crippen LogP contribution < -0.4 is 10.2 Å². The van der Waals surface area contributed by atoms with Crippen LogP contribution in [0.1, 0.15) is 16.1 Å². The number of carbonyl (C=O) groups is 1. The summed E-state index contributed by atoms with van der Waals surface area (Å²) in [5.74, 6) is 0.225. The Morgan fingerprint density at radius 3 is 2.55 bits per heavy atom. The van der Waals surface area contributed by atoms with E-state index in [1.807, 2.05) is 29.2 Å². The molecule has 0 bridgehead atoms. The minimum Gasteiger partial charge on any atom is -0.368 e. The molecule has 1 amide bonds. The molecular formula is C22H20N6O. The molecule has 0 saturated carbocycles. The highest BCUT2D eigenvalue weighted by molar-refractivity contribution is 5.92. The Bertz CT molecular complexity index is 1040. The van der Waals surface area contributed by atoms with Gasteiger partial charge in [-0.1, -0.05) is 24.3 Å². The van der Waals surface area contributed by atoms with E-state index in [2.05, 4.69) is 38.4 Å². The first kappa shape index (κ1) is 18.4. The number of hydrogen-bond donors (Lipinski definition) is 1. The molecule has 4 rings (SSSR count). The van der Waals surface area contributed by atoms with Crippen molar-refractivity contribution in [1.82, 2.24) is 14.9 Å². The van der Waals surface area contributed by atoms with E-state index in [0.29, 0.717) is 36.0 Å². The maximum atomic E-state index is 12.9. The molecule has 1 fully saturated rings. The van der Waals surface area contributed by atoms with Gasteiger partial charge in [0.25, 0.3) is 5.91 Å². The zero-order chi connectivity index (χ0) is 20.1. The number of rotatable bonds is 4. The molecule has 29 heavy (non-hydrogen) atoms. The number of aromatic nitrogens is 2. The monoisotopic (exact) mass is 384 g/mol. The minimum absolute atomic E-state index is 0.103. The number of carbonyl (C=O) groups excluding carboxylic acids is 1. The van der Waals surface area contributed by atoms with Crippen molar-refractivity contribution < 1.29 is 4.79 Å². The van der Waals surface area contributed by atoms with Gasteiger partial charge in [0.15, 0.2) is 0 Å². The number of nitrogens with one attached hydrogen (secondary N) is 1. The van der Waals surface area contributed by atoms with E-state index in [4.69, 9.17) is 5.26 Å². The second-order valence-corrected chi connectivity index (χ2v) is 6.70. The molecular weight excluding hydrogens is 364 g/mol. The first-order chi connectivity index (χ1) is 14.2. The number of para-hydroxylation sites is 1. The lowest BCUT2D eigenvalue weighted by atomic mass is 10.2. The molecule has 0 spiro atoms. The third kappa shape index (κ3) is 4.33. The minimum atomic E-state index is -0.103. The average Bonchev–Trinajstić information content (AvgIpc) is 2.79. The third-order valence-electron chi connectivity index (χ3n) is 4.81. The average molecular weight is 384 g/mol. The molecule has 3 aromatic rings. The summed E-state index contributed by atoms with van der Waals surface area (Å²) in [6.45, 7) is 2.86. The van der Waals surface area contributed by atoms with Gasteiger partial charge in [0.2, 0.25) is 5.95 Å². The van der Waals surface area contributed by atoms with Gasteiger partial charge in [-0.3, -0.25) is 4.79 Å². The van der Waals surface area contributed by atoms with Crippen molar-refractivity contribution in [2.75, 3.05) is 36.4 Å². The Morgan fingerprint density at radius 2 is 1.79 bits per heavy atom. The largest absolute Gasteiger partial charge is 0.368 e. The van der Waals surface area contributed by atoms with E-state index in [0.717, 1.165) is 13.1 Å². The van der Waals surface area contributed by atoms with E-state index < -0.39 is 0 Å². The Labute approximate surface area is 169 Å². The van der Waals surface area contributed by atoms with Crippen molar-refractivity contribution in [2.24, 2.45) is 0 Å². The summed E-state index contributed by atoms with van der Waals surface area (Å²) in [5, 5.41) is 12.1. The van der Waals surface area contributed by atoms with Crippen molar-refractivity contribution in [3.05, 3.63) is 78.1 Å². The maximum absolute atomic E-state index is 12.9. The smallest absolute Gasteiger partial charge is 0.272 e. The van der Waals surface area contributed by atoms with E-state index in [1.54, 1.807) is 30.5 Å². The normalized spacial score (nSPS) is 13.6. The first-order valence-electron chi connectivity index (χ1n) is 9.42. The van der Waals surface area contributed by atoms with Crippen molar-refractivity contribution in [2.45, 2.75) is 0 Å². The van der Waals surface area contributed by atoms with E-state index in [1.165, 1.54) is 5.69 Å². The van der Waals surface area contributed by atoms with Crippen LogP contribution in [0.2, 0.25) is 0 Å². The van der Waals surface area contributed by atoms with Gasteiger partial charge >= 0.3 is 0 Å². The molecule has 2 heterocycles. The van der Waals surface area contributed by atoms with Gasteiger partial charge in [0.05, 0.1) is 11.6 Å². The standard InChI is InChI=1S/C22H20N6O/c23-16-17-5-4-6-18(15-17)25-22-24-10-9-20(26-22)21(29)28-13-11-27(12-14-28)19-7-2-1-3-8-19/h1-10,15H,11-14H2,(H,24,25,26). The summed E-state index contributed by atoms with van der Waals surface area (Å²) < 4.78 is 0. The van der Waals surface area contributed by atoms with Gasteiger partial charge in [-0.25, -0.2) is 9.97 Å². The number of anilines is 3. The van der Waals surface area contributed by atoms with Crippen LogP contribution in [0.3, 0.4) is 0 Å². The molecule has 0 aliphatic carbocycles. The summed E-state index contributed by atoms with van der Waals surface area (Å²) in [5.41, 5.74) is 2.77. The quantitative estimate of drug-likeness (QED) is 0.744. The zero-order valence-corrected chi connectivity index (χ0v) is 15.8. The number of nitrogens with zero attached hydrogens (tertiary/aromatic N) is 5. The number of nitriles is 1. The summed E-state index contributed by atoms with van der Waals surface area (Å²) in [4.78, 5) is 25.5. The maximum Gasteiger partial charge on any atom is 0.272 e. The van der Waals surface area contributed by atoms with Gasteiger partial charge in [-0.15, -0.1) is 0 Å². The van der Waals surface area contributed by atoms with Crippen LogP contribution in [-0.4, -0.2) is 47.0 Å². The highest BCUT2D eigenvalue weighted by atomic mass is 16.2. The fourth-order valence-corrected chi connectivity index (χ4v) is 3.30. The second-order valence-electron chi connectivity index (χ2n) is 6.70. The Morgan fingerprint density at radius 1 is 1.00 bits per heavy atom. The van der Waals surface area contributed by atoms with Gasteiger partial charge in [0.1, 0.15) is 5.69 Å². The van der Waals surface area contributed by atoms with Gasteiger partial charge in [0, 0.05) is 43.8 Å². The summed E-state index contributed by atoms with van der Waals surface area (Å²) in [6.07, 6.45) is 1.57. The van der Waals surface area contributed by atoms with Crippen molar-refractivity contribution in [1.29, 1.82) is 5.26 Å². The van der Waals surface area contributed by atoms with E-state index in [9.17, 15) is 4.79 Å². The predicted octanol–water partition coefficient (Wildman–Crippen LogP) is 3.05. The lowest BCUT2D eigenvalue weighted by Gasteiger charge is -2.36. The molecule has 1 aromatic heterocycles.